The Labute approximate surface area is 198 Å². The molecule has 0 amide bonds. The van der Waals surface area contributed by atoms with E-state index in [-0.39, 0.29) is 35.8 Å². The van der Waals surface area contributed by atoms with Crippen LogP contribution in [0.4, 0.5) is 14.5 Å². The van der Waals surface area contributed by atoms with Gasteiger partial charge in [-0.25, -0.2) is 0 Å². The highest BCUT2D eigenvalue weighted by atomic mass is 127. The summed E-state index contributed by atoms with van der Waals surface area (Å²) in [5.74, 6) is 1.62. The maximum atomic E-state index is 12.3. The van der Waals surface area contributed by atoms with Crippen molar-refractivity contribution in [3.63, 3.8) is 0 Å². The zero-order valence-electron chi connectivity index (χ0n) is 17.3. The zero-order chi connectivity index (χ0) is 21.2. The zero-order valence-corrected chi connectivity index (χ0v) is 19.7. The number of rotatable bonds is 8. The Hall–Kier alpha value is -2.37. The number of aromatic nitrogens is 1. The third-order valence-corrected chi connectivity index (χ3v) is 4.71. The second kappa shape index (κ2) is 13.1. The molecule has 31 heavy (non-hydrogen) atoms. The topological polar surface area (TPSA) is 71.0 Å². The molecule has 2 heterocycles. The van der Waals surface area contributed by atoms with E-state index in [2.05, 4.69) is 30.2 Å². The normalized spacial score (nSPS) is 16.5. The molecular weight excluding hydrogens is 519 g/mol. The first-order valence-electron chi connectivity index (χ1n) is 9.94. The number of guanidine groups is 1. The van der Waals surface area contributed by atoms with Gasteiger partial charge >= 0.3 is 6.61 Å². The van der Waals surface area contributed by atoms with Crippen LogP contribution >= 0.6 is 24.0 Å². The van der Waals surface area contributed by atoms with Crippen LogP contribution in [0.25, 0.3) is 0 Å². The minimum atomic E-state index is -2.81. The van der Waals surface area contributed by atoms with Crippen LogP contribution in [0.15, 0.2) is 53.8 Å². The third kappa shape index (κ3) is 8.35. The lowest BCUT2D eigenvalue weighted by Crippen LogP contribution is -2.51. The number of alkyl halides is 2. The van der Waals surface area contributed by atoms with Crippen molar-refractivity contribution in [3.05, 3.63) is 48.8 Å². The lowest BCUT2D eigenvalue weighted by atomic mass is 10.0. The molecule has 7 nitrogen and oxygen atoms in total. The first-order chi connectivity index (χ1) is 14.6. The average molecular weight is 547 g/mol. The number of nitrogens with one attached hydrogen (secondary N) is 2. The molecule has 0 aliphatic carbocycles. The Morgan fingerprint density at radius 1 is 1.26 bits per heavy atom. The number of piperidine rings is 1. The minimum Gasteiger partial charge on any atom is -0.490 e. The molecule has 10 heteroatoms. The van der Waals surface area contributed by atoms with Crippen LogP contribution < -0.4 is 25.0 Å². The second-order valence-electron chi connectivity index (χ2n) is 6.84. The van der Waals surface area contributed by atoms with Crippen LogP contribution in [0, 0.1) is 0 Å². The molecule has 0 radical (unpaired) electrons. The van der Waals surface area contributed by atoms with Crippen molar-refractivity contribution in [2.24, 2.45) is 4.99 Å². The predicted molar refractivity (Wildman–Crippen MR) is 128 cm³/mol. The lowest BCUT2D eigenvalue weighted by molar-refractivity contribution is -0.0498. The summed E-state index contributed by atoms with van der Waals surface area (Å²) >= 11 is 0. The van der Waals surface area contributed by atoms with Gasteiger partial charge in [0.2, 0.25) is 0 Å². The molecule has 170 valence electrons. The number of ether oxygens (including phenoxy) is 2. The maximum Gasteiger partial charge on any atom is 0.387 e. The summed E-state index contributed by atoms with van der Waals surface area (Å²) < 4.78 is 34.7. The Kier molecular flexibility index (Phi) is 10.5. The molecule has 3 rings (SSSR count). The van der Waals surface area contributed by atoms with Crippen molar-refractivity contribution in [2.45, 2.75) is 25.5 Å². The lowest BCUT2D eigenvalue weighted by Gasteiger charge is -2.35. The largest absolute Gasteiger partial charge is 0.490 e. The summed E-state index contributed by atoms with van der Waals surface area (Å²) in [7, 11) is 1.74. The van der Waals surface area contributed by atoms with E-state index in [1.54, 1.807) is 31.6 Å². The number of aliphatic imine (C=N–C) groups is 1. The van der Waals surface area contributed by atoms with E-state index in [0.29, 0.717) is 13.2 Å². The number of pyridine rings is 1. The van der Waals surface area contributed by atoms with Gasteiger partial charge in [0.15, 0.2) is 5.96 Å². The minimum absolute atomic E-state index is 0. The van der Waals surface area contributed by atoms with E-state index in [1.807, 2.05) is 24.3 Å². The van der Waals surface area contributed by atoms with Crippen molar-refractivity contribution in [1.82, 2.24) is 15.6 Å². The molecule has 0 saturated carbocycles. The Bertz CT molecular complexity index is 796. The van der Waals surface area contributed by atoms with Crippen LogP contribution in [-0.2, 0) is 0 Å². The van der Waals surface area contributed by atoms with E-state index in [1.165, 1.54) is 0 Å². The summed E-state index contributed by atoms with van der Waals surface area (Å²) in [6.45, 7) is 0.000831. The average Bonchev–Trinajstić information content (AvgIpc) is 2.77. The second-order valence-corrected chi connectivity index (χ2v) is 6.84. The van der Waals surface area contributed by atoms with Gasteiger partial charge < -0.3 is 25.0 Å². The molecule has 1 aromatic heterocycles. The molecule has 1 aromatic carbocycles. The Morgan fingerprint density at radius 3 is 2.74 bits per heavy atom. The van der Waals surface area contributed by atoms with Gasteiger partial charge in [-0.3, -0.25) is 9.98 Å². The van der Waals surface area contributed by atoms with Gasteiger partial charge in [0.05, 0.1) is 12.7 Å². The standard InChI is InChI=1S/C21H27F2N5O2.HI/c1-24-21(26-11-13-29-19-5-2-10-25-14-19)27-16-4-3-12-28(15-16)17-6-8-18(9-7-17)30-20(22)23;/h2,5-10,14,16,20H,3-4,11-13,15H2,1H3,(H2,24,26,27);1H. The molecule has 2 N–H and O–H groups in total. The number of hydrogen-bond donors (Lipinski definition) is 2. The van der Waals surface area contributed by atoms with Gasteiger partial charge in [0, 0.05) is 38.1 Å². The number of benzene rings is 1. The number of hydrogen-bond acceptors (Lipinski definition) is 5. The van der Waals surface area contributed by atoms with E-state index in [4.69, 9.17) is 4.74 Å². The van der Waals surface area contributed by atoms with Crippen LogP contribution in [0.1, 0.15) is 12.8 Å². The summed E-state index contributed by atoms with van der Waals surface area (Å²) in [4.78, 5) is 10.5. The van der Waals surface area contributed by atoms with Gasteiger partial charge in [0.1, 0.15) is 18.1 Å². The molecule has 1 aliphatic rings. The molecule has 1 unspecified atom stereocenters. The van der Waals surface area contributed by atoms with Crippen molar-refractivity contribution >= 4 is 35.6 Å². The fourth-order valence-electron chi connectivity index (χ4n) is 3.33. The van der Waals surface area contributed by atoms with E-state index in [0.717, 1.165) is 43.3 Å². The van der Waals surface area contributed by atoms with Crippen molar-refractivity contribution in [2.75, 3.05) is 38.2 Å². The highest BCUT2D eigenvalue weighted by Crippen LogP contribution is 2.23. The summed E-state index contributed by atoms with van der Waals surface area (Å²) in [6, 6.07) is 10.7. The summed E-state index contributed by atoms with van der Waals surface area (Å²) in [6.07, 6.45) is 5.43. The van der Waals surface area contributed by atoms with Gasteiger partial charge in [-0.05, 0) is 49.2 Å². The molecule has 1 fully saturated rings. The molecule has 0 bridgehead atoms. The molecule has 1 saturated heterocycles. The quantitative estimate of drug-likeness (QED) is 0.228. The van der Waals surface area contributed by atoms with Gasteiger partial charge in [-0.15, -0.1) is 24.0 Å². The molecule has 1 aliphatic heterocycles. The number of anilines is 1. The van der Waals surface area contributed by atoms with Crippen molar-refractivity contribution < 1.29 is 18.3 Å². The van der Waals surface area contributed by atoms with Gasteiger partial charge in [0.25, 0.3) is 0 Å². The van der Waals surface area contributed by atoms with E-state index >= 15 is 0 Å². The van der Waals surface area contributed by atoms with Crippen LogP contribution in [0.5, 0.6) is 11.5 Å². The van der Waals surface area contributed by atoms with Crippen LogP contribution in [0.3, 0.4) is 0 Å². The monoisotopic (exact) mass is 547 g/mol. The fraction of sp³-hybridized carbons (Fsp3) is 0.429. The van der Waals surface area contributed by atoms with Gasteiger partial charge in [-0.2, -0.15) is 8.78 Å². The first-order valence-corrected chi connectivity index (χ1v) is 9.94. The Balaban J connectivity index is 0.00000341. The van der Waals surface area contributed by atoms with Crippen molar-refractivity contribution in [1.29, 1.82) is 0 Å². The summed E-state index contributed by atoms with van der Waals surface area (Å²) in [5.41, 5.74) is 0.982. The number of halogens is 3. The smallest absolute Gasteiger partial charge is 0.387 e. The van der Waals surface area contributed by atoms with E-state index < -0.39 is 6.61 Å². The van der Waals surface area contributed by atoms with Crippen molar-refractivity contribution in [3.8, 4) is 11.5 Å². The SMILES string of the molecule is CN=C(NCCOc1cccnc1)NC1CCCN(c2ccc(OC(F)F)cc2)C1.I. The molecule has 1 atom stereocenters. The molecule has 0 spiro atoms. The highest BCUT2D eigenvalue weighted by Gasteiger charge is 2.21. The molecular formula is C21H28F2IN5O2. The van der Waals surface area contributed by atoms with Crippen LogP contribution in [0.2, 0.25) is 0 Å². The number of nitrogens with zero attached hydrogens (tertiary/aromatic N) is 3. The van der Waals surface area contributed by atoms with Gasteiger partial charge in [-0.1, -0.05) is 0 Å². The summed E-state index contributed by atoms with van der Waals surface area (Å²) in [5, 5.41) is 6.70. The maximum absolute atomic E-state index is 12.3. The first kappa shape index (κ1) is 24.9. The third-order valence-electron chi connectivity index (χ3n) is 4.71. The highest BCUT2D eigenvalue weighted by molar-refractivity contribution is 14.0. The van der Waals surface area contributed by atoms with E-state index in [9.17, 15) is 8.78 Å². The fourth-order valence-corrected chi connectivity index (χ4v) is 3.33. The predicted octanol–water partition coefficient (Wildman–Crippen LogP) is 3.51. The van der Waals surface area contributed by atoms with Crippen LogP contribution in [-0.4, -0.2) is 56.9 Å². The molecule has 2 aromatic rings. The Morgan fingerprint density at radius 2 is 2.06 bits per heavy atom.